The second-order valence-corrected chi connectivity index (χ2v) is 3.48. The smallest absolute Gasteiger partial charge is 0.270 e. The zero-order valence-corrected chi connectivity index (χ0v) is 9.38. The number of nitrogen functional groups attached to an aromatic ring is 1. The highest BCUT2D eigenvalue weighted by Gasteiger charge is 2.10. The Balaban J connectivity index is 2.19. The van der Waals surface area contributed by atoms with Crippen LogP contribution in [0.15, 0.2) is 12.1 Å². The summed E-state index contributed by atoms with van der Waals surface area (Å²) in [7, 11) is 1.61. The predicted octanol–water partition coefficient (Wildman–Crippen LogP) is -0.252. The third-order valence-corrected chi connectivity index (χ3v) is 1.97. The van der Waals surface area contributed by atoms with Crippen LogP contribution in [-0.2, 0) is 7.05 Å². The average Bonchev–Trinajstić information content (AvgIpc) is 2.62. The van der Waals surface area contributed by atoms with E-state index >= 15 is 0 Å². The standard InChI is InChI=1S/C9H11N7O/c1-5-3-6(4-7(10)11-5)8(17)12-9-13-15-16(2)14-9/h3-4H,1-2H3,(H2,10,11)(H,12,14,17). The van der Waals surface area contributed by atoms with E-state index < -0.39 is 0 Å². The van der Waals surface area contributed by atoms with Crippen molar-refractivity contribution in [2.24, 2.45) is 7.05 Å². The van der Waals surface area contributed by atoms with Crippen LogP contribution in [0.2, 0.25) is 0 Å². The number of aromatic nitrogens is 5. The Morgan fingerprint density at radius 2 is 2.24 bits per heavy atom. The molecule has 8 nitrogen and oxygen atoms in total. The molecule has 8 heteroatoms. The number of hydrogen-bond acceptors (Lipinski definition) is 6. The Labute approximate surface area is 96.8 Å². The van der Waals surface area contributed by atoms with Gasteiger partial charge >= 0.3 is 0 Å². The molecule has 0 fully saturated rings. The van der Waals surface area contributed by atoms with E-state index in [-0.39, 0.29) is 11.9 Å². The highest BCUT2D eigenvalue weighted by Crippen LogP contribution is 2.08. The van der Waals surface area contributed by atoms with Crippen molar-refractivity contribution in [1.29, 1.82) is 0 Å². The molecule has 2 heterocycles. The first-order valence-corrected chi connectivity index (χ1v) is 4.84. The summed E-state index contributed by atoms with van der Waals surface area (Å²) in [6, 6.07) is 3.11. The molecule has 0 radical (unpaired) electrons. The first-order chi connectivity index (χ1) is 8.04. The number of amides is 1. The van der Waals surface area contributed by atoms with Crippen LogP contribution in [-0.4, -0.2) is 31.1 Å². The molecule has 0 saturated carbocycles. The number of nitrogens with zero attached hydrogens (tertiary/aromatic N) is 5. The molecule has 1 amide bonds. The zero-order chi connectivity index (χ0) is 12.4. The van der Waals surface area contributed by atoms with Crippen molar-refractivity contribution < 1.29 is 4.79 Å². The lowest BCUT2D eigenvalue weighted by Gasteiger charge is -2.02. The van der Waals surface area contributed by atoms with E-state index in [1.54, 1.807) is 20.0 Å². The van der Waals surface area contributed by atoms with Gasteiger partial charge in [-0.25, -0.2) is 4.98 Å². The molecule has 0 aliphatic rings. The van der Waals surface area contributed by atoms with Crippen molar-refractivity contribution in [3.05, 3.63) is 23.4 Å². The van der Waals surface area contributed by atoms with Crippen LogP contribution in [0.1, 0.15) is 16.1 Å². The van der Waals surface area contributed by atoms with E-state index in [2.05, 4.69) is 25.7 Å². The van der Waals surface area contributed by atoms with E-state index in [0.29, 0.717) is 17.1 Å². The van der Waals surface area contributed by atoms with Gasteiger partial charge in [-0.15, -0.1) is 5.10 Å². The van der Waals surface area contributed by atoms with Crippen molar-refractivity contribution in [3.8, 4) is 0 Å². The van der Waals surface area contributed by atoms with Crippen molar-refractivity contribution in [1.82, 2.24) is 25.2 Å². The van der Waals surface area contributed by atoms with Gasteiger partial charge in [0, 0.05) is 11.3 Å². The largest absolute Gasteiger partial charge is 0.384 e. The van der Waals surface area contributed by atoms with Crippen LogP contribution in [0.5, 0.6) is 0 Å². The van der Waals surface area contributed by atoms with Gasteiger partial charge < -0.3 is 5.73 Å². The second kappa shape index (κ2) is 4.16. The quantitative estimate of drug-likeness (QED) is 0.739. The Morgan fingerprint density at radius 3 is 2.82 bits per heavy atom. The van der Waals surface area contributed by atoms with E-state index in [1.807, 2.05) is 0 Å². The fourth-order valence-corrected chi connectivity index (χ4v) is 1.33. The monoisotopic (exact) mass is 233 g/mol. The molecule has 3 N–H and O–H groups in total. The van der Waals surface area contributed by atoms with Crippen LogP contribution in [0.25, 0.3) is 0 Å². The average molecular weight is 233 g/mol. The van der Waals surface area contributed by atoms with Crippen LogP contribution < -0.4 is 11.1 Å². The van der Waals surface area contributed by atoms with Gasteiger partial charge in [-0.2, -0.15) is 4.80 Å². The Kier molecular flexibility index (Phi) is 2.69. The number of carbonyl (C=O) groups is 1. The lowest BCUT2D eigenvalue weighted by Crippen LogP contribution is -2.14. The highest BCUT2D eigenvalue weighted by molar-refractivity contribution is 6.03. The fourth-order valence-electron chi connectivity index (χ4n) is 1.33. The molecule has 0 atom stereocenters. The molecule has 0 spiro atoms. The number of aryl methyl sites for hydroxylation is 2. The lowest BCUT2D eigenvalue weighted by molar-refractivity contribution is 0.102. The van der Waals surface area contributed by atoms with Crippen LogP contribution in [0, 0.1) is 6.92 Å². The lowest BCUT2D eigenvalue weighted by atomic mass is 10.2. The maximum atomic E-state index is 11.8. The molecule has 0 aliphatic carbocycles. The number of hydrogen-bond donors (Lipinski definition) is 2. The summed E-state index contributed by atoms with van der Waals surface area (Å²) in [6.45, 7) is 1.76. The third kappa shape index (κ3) is 2.54. The molecule has 17 heavy (non-hydrogen) atoms. The van der Waals surface area contributed by atoms with Gasteiger partial charge in [-0.3, -0.25) is 10.1 Å². The first-order valence-electron chi connectivity index (χ1n) is 4.84. The molecule has 0 unspecified atom stereocenters. The third-order valence-electron chi connectivity index (χ3n) is 1.97. The van der Waals surface area contributed by atoms with E-state index in [4.69, 9.17) is 5.73 Å². The molecular formula is C9H11N7O. The second-order valence-electron chi connectivity index (χ2n) is 3.48. The van der Waals surface area contributed by atoms with Crippen molar-refractivity contribution in [3.63, 3.8) is 0 Å². The minimum atomic E-state index is -0.352. The predicted molar refractivity (Wildman–Crippen MR) is 60.1 cm³/mol. The van der Waals surface area contributed by atoms with Gasteiger partial charge in [0.15, 0.2) is 0 Å². The molecule has 2 aromatic heterocycles. The summed E-state index contributed by atoms with van der Waals surface area (Å²) in [6.07, 6.45) is 0. The van der Waals surface area contributed by atoms with Gasteiger partial charge in [-0.1, -0.05) is 5.10 Å². The molecule has 2 aromatic rings. The van der Waals surface area contributed by atoms with Crippen LogP contribution >= 0.6 is 0 Å². The summed E-state index contributed by atoms with van der Waals surface area (Å²) in [5.41, 5.74) is 6.63. The van der Waals surface area contributed by atoms with E-state index in [9.17, 15) is 4.79 Å². The fraction of sp³-hybridized carbons (Fsp3) is 0.222. The molecule has 88 valence electrons. The maximum Gasteiger partial charge on any atom is 0.270 e. The first kappa shape index (κ1) is 11.0. The summed E-state index contributed by atoms with van der Waals surface area (Å²) in [4.78, 5) is 17.0. The minimum absolute atomic E-state index is 0.144. The Bertz CT molecular complexity index is 542. The number of nitrogens with two attached hydrogens (primary N) is 1. The minimum Gasteiger partial charge on any atom is -0.384 e. The summed E-state index contributed by atoms with van der Waals surface area (Å²) >= 11 is 0. The zero-order valence-electron chi connectivity index (χ0n) is 9.38. The van der Waals surface area contributed by atoms with E-state index in [1.165, 1.54) is 10.9 Å². The Morgan fingerprint density at radius 1 is 1.47 bits per heavy atom. The molecule has 0 aliphatic heterocycles. The van der Waals surface area contributed by atoms with Gasteiger partial charge in [0.05, 0.1) is 7.05 Å². The van der Waals surface area contributed by atoms with Gasteiger partial charge in [0.2, 0.25) is 0 Å². The molecular weight excluding hydrogens is 222 g/mol. The van der Waals surface area contributed by atoms with Crippen LogP contribution in [0.4, 0.5) is 11.8 Å². The summed E-state index contributed by atoms with van der Waals surface area (Å²) < 4.78 is 0. The summed E-state index contributed by atoms with van der Waals surface area (Å²) in [5, 5.41) is 13.6. The number of tetrazole rings is 1. The number of nitrogens with one attached hydrogen (secondary N) is 1. The molecule has 2 rings (SSSR count). The van der Waals surface area contributed by atoms with Crippen molar-refractivity contribution in [2.75, 3.05) is 11.1 Å². The number of rotatable bonds is 2. The number of anilines is 2. The van der Waals surface area contributed by atoms with Crippen molar-refractivity contribution >= 4 is 17.7 Å². The normalized spacial score (nSPS) is 10.2. The van der Waals surface area contributed by atoms with E-state index in [0.717, 1.165) is 0 Å². The Hall–Kier alpha value is -2.51. The highest BCUT2D eigenvalue weighted by atomic mass is 16.1. The van der Waals surface area contributed by atoms with Gasteiger partial charge in [0.25, 0.3) is 11.9 Å². The number of pyridine rings is 1. The topological polar surface area (TPSA) is 112 Å². The van der Waals surface area contributed by atoms with Gasteiger partial charge in [0.1, 0.15) is 5.82 Å². The van der Waals surface area contributed by atoms with Crippen molar-refractivity contribution in [2.45, 2.75) is 6.92 Å². The molecule has 0 aromatic carbocycles. The number of carbonyl (C=O) groups excluding carboxylic acids is 1. The summed E-state index contributed by atoms with van der Waals surface area (Å²) in [5.74, 6) is 0.0861. The molecule has 0 bridgehead atoms. The van der Waals surface area contributed by atoms with Crippen LogP contribution in [0.3, 0.4) is 0 Å². The van der Waals surface area contributed by atoms with Gasteiger partial charge in [-0.05, 0) is 24.3 Å². The SMILES string of the molecule is Cc1cc(C(=O)Nc2nnn(C)n2)cc(N)n1. The maximum absolute atomic E-state index is 11.8. The molecule has 0 saturated heterocycles.